The fraction of sp³-hybridized carbons (Fsp3) is 0.375. The number of esters is 1. The monoisotopic (exact) mass is 353 g/mol. The van der Waals surface area contributed by atoms with Crippen LogP contribution in [0, 0.1) is 11.6 Å². The molecule has 1 saturated carbocycles. The molecule has 128 valence electrons. The summed E-state index contributed by atoms with van der Waals surface area (Å²) >= 11 is 1.17. The third-order valence-corrected chi connectivity index (χ3v) is 4.27. The van der Waals surface area contributed by atoms with Crippen molar-refractivity contribution in [2.45, 2.75) is 25.8 Å². The first-order valence-corrected chi connectivity index (χ1v) is 8.83. The first-order chi connectivity index (χ1) is 11.4. The molecule has 1 aromatic rings. The predicted molar refractivity (Wildman–Crippen MR) is 92.2 cm³/mol. The maximum Gasteiger partial charge on any atom is 0.344 e. The third kappa shape index (κ3) is 4.17. The summed E-state index contributed by atoms with van der Waals surface area (Å²) in [4.78, 5) is 25.0. The number of nitrogens with one attached hydrogen (secondary N) is 1. The number of halogens is 2. The summed E-state index contributed by atoms with van der Waals surface area (Å²) in [6, 6.07) is 1.95. The molecule has 0 amide bonds. The Morgan fingerprint density at radius 2 is 2.00 bits per heavy atom. The Balaban J connectivity index is 2.49. The van der Waals surface area contributed by atoms with E-state index in [1.165, 1.54) is 19.6 Å². The molecular weight excluding hydrogens is 335 g/mol. The van der Waals surface area contributed by atoms with Gasteiger partial charge in [-0.3, -0.25) is 4.79 Å². The van der Waals surface area contributed by atoms with E-state index in [4.69, 9.17) is 4.74 Å². The van der Waals surface area contributed by atoms with Gasteiger partial charge in [0.2, 0.25) is 5.78 Å². The predicted octanol–water partition coefficient (Wildman–Crippen LogP) is 1.30. The zero-order valence-electron chi connectivity index (χ0n) is 13.7. The van der Waals surface area contributed by atoms with E-state index in [1.807, 2.05) is 0 Å². The maximum absolute atomic E-state index is 14.1. The van der Waals surface area contributed by atoms with Crippen molar-refractivity contribution in [3.05, 3.63) is 39.9 Å². The lowest BCUT2D eigenvalue weighted by molar-refractivity contribution is -0.138. The number of carbonyl (C=O) groups is 2. The van der Waals surface area contributed by atoms with Crippen LogP contribution in [0.15, 0.2) is 22.7 Å². The minimum absolute atomic E-state index is 0.0748. The Morgan fingerprint density at radius 3 is 2.54 bits per heavy atom. The molecule has 1 fully saturated rings. The first-order valence-electron chi connectivity index (χ1n) is 7.61. The summed E-state index contributed by atoms with van der Waals surface area (Å²) < 4.78 is 32.8. The van der Waals surface area contributed by atoms with Gasteiger partial charge in [-0.1, -0.05) is 5.46 Å². The Kier molecular flexibility index (Phi) is 6.04. The average molecular weight is 353 g/mol. The van der Waals surface area contributed by atoms with Crippen molar-refractivity contribution in [1.29, 1.82) is 0 Å². The molecule has 0 radical (unpaired) electrons. The van der Waals surface area contributed by atoms with Gasteiger partial charge in [0.1, 0.15) is 25.1 Å². The zero-order chi connectivity index (χ0) is 17.9. The van der Waals surface area contributed by atoms with Crippen molar-refractivity contribution >= 4 is 36.8 Å². The number of ether oxygens (including phenoxy) is 1. The van der Waals surface area contributed by atoms with Gasteiger partial charge in [0, 0.05) is 6.04 Å². The lowest BCUT2D eigenvalue weighted by atomic mass is 9.92. The molecule has 2 rings (SSSR count). The van der Waals surface area contributed by atoms with Gasteiger partial charge >= 0.3 is 5.97 Å². The van der Waals surface area contributed by atoms with Gasteiger partial charge in [-0.05, 0) is 38.2 Å². The van der Waals surface area contributed by atoms with Gasteiger partial charge in [0.25, 0.3) is 0 Å². The van der Waals surface area contributed by atoms with Gasteiger partial charge in [-0.25, -0.2) is 13.6 Å². The van der Waals surface area contributed by atoms with Crippen LogP contribution < -0.4 is 10.8 Å². The Bertz CT molecular complexity index is 705. The normalized spacial score (nSPS) is 14.8. The van der Waals surface area contributed by atoms with Gasteiger partial charge in [-0.15, -0.1) is 11.8 Å². The quantitative estimate of drug-likeness (QED) is 0.200. The SMILES string of the molecule is Bc1cc(F)c(C(=O)/C(C(=O)OCC)=C(\NC2CC2)SC)cc1F. The number of carbonyl (C=O) groups excluding carboxylic acids is 2. The van der Waals surface area contributed by atoms with Gasteiger partial charge in [0.05, 0.1) is 17.2 Å². The van der Waals surface area contributed by atoms with Crippen molar-refractivity contribution in [1.82, 2.24) is 5.32 Å². The largest absolute Gasteiger partial charge is 0.462 e. The zero-order valence-corrected chi connectivity index (χ0v) is 14.6. The molecule has 0 bridgehead atoms. The van der Waals surface area contributed by atoms with Crippen LogP contribution in [0.3, 0.4) is 0 Å². The fourth-order valence-electron chi connectivity index (χ4n) is 2.09. The molecule has 0 spiro atoms. The lowest BCUT2D eigenvalue weighted by Crippen LogP contribution is -2.26. The summed E-state index contributed by atoms with van der Waals surface area (Å²) in [6.45, 7) is 1.69. The number of ketones is 1. The van der Waals surface area contributed by atoms with Crippen molar-refractivity contribution in [3.63, 3.8) is 0 Å². The van der Waals surface area contributed by atoms with E-state index in [0.717, 1.165) is 25.0 Å². The molecular formula is C16H18BF2NO3S. The topological polar surface area (TPSA) is 55.4 Å². The molecule has 0 heterocycles. The van der Waals surface area contributed by atoms with Crippen molar-refractivity contribution in [2.24, 2.45) is 0 Å². The molecule has 1 N–H and O–H groups in total. The van der Waals surface area contributed by atoms with Crippen LogP contribution in [0.5, 0.6) is 0 Å². The lowest BCUT2D eigenvalue weighted by Gasteiger charge is -2.14. The number of Topliss-reactive ketones (excluding diaryl/α,β-unsaturated/α-hetero) is 1. The van der Waals surface area contributed by atoms with Crippen molar-refractivity contribution in [2.75, 3.05) is 12.9 Å². The highest BCUT2D eigenvalue weighted by atomic mass is 32.2. The second-order valence-electron chi connectivity index (χ2n) is 5.46. The Hall–Kier alpha value is -1.83. The van der Waals surface area contributed by atoms with Gasteiger partial charge in [-0.2, -0.15) is 0 Å². The number of hydrogen-bond donors (Lipinski definition) is 1. The van der Waals surface area contributed by atoms with E-state index in [2.05, 4.69) is 5.32 Å². The molecule has 1 aliphatic carbocycles. The van der Waals surface area contributed by atoms with E-state index in [0.29, 0.717) is 5.03 Å². The van der Waals surface area contributed by atoms with Crippen LogP contribution in [0.1, 0.15) is 30.1 Å². The van der Waals surface area contributed by atoms with Gasteiger partial charge in [0.15, 0.2) is 0 Å². The first kappa shape index (κ1) is 18.5. The standard InChI is InChI=1S/C16H18BF2NO3S/c1-3-23-16(22)13(15(24-2)20-8-4-5-8)14(21)9-6-12(19)10(17)7-11(9)18/h6-8,20H,3-5,17H2,1-2H3/b15-13-. The highest BCUT2D eigenvalue weighted by Gasteiger charge is 2.31. The van der Waals surface area contributed by atoms with Crippen LogP contribution >= 0.6 is 11.8 Å². The highest BCUT2D eigenvalue weighted by molar-refractivity contribution is 8.02. The van der Waals surface area contributed by atoms with Crippen molar-refractivity contribution in [3.8, 4) is 0 Å². The molecule has 0 atom stereocenters. The van der Waals surface area contributed by atoms with Gasteiger partial charge < -0.3 is 10.1 Å². The van der Waals surface area contributed by atoms with Crippen LogP contribution in [-0.2, 0) is 9.53 Å². The summed E-state index contributed by atoms with van der Waals surface area (Å²) in [5.74, 6) is -3.31. The summed E-state index contributed by atoms with van der Waals surface area (Å²) in [7, 11) is 1.40. The summed E-state index contributed by atoms with van der Waals surface area (Å²) in [6.07, 6.45) is 3.56. The Morgan fingerprint density at radius 1 is 1.33 bits per heavy atom. The second-order valence-corrected chi connectivity index (χ2v) is 6.27. The van der Waals surface area contributed by atoms with Crippen LogP contribution in [0.25, 0.3) is 0 Å². The molecule has 0 unspecified atom stereocenters. The maximum atomic E-state index is 14.1. The molecule has 24 heavy (non-hydrogen) atoms. The highest BCUT2D eigenvalue weighted by Crippen LogP contribution is 2.27. The molecule has 0 aromatic heterocycles. The summed E-state index contributed by atoms with van der Waals surface area (Å²) in [5.41, 5.74) is -0.685. The number of rotatable bonds is 7. The summed E-state index contributed by atoms with van der Waals surface area (Å²) in [5, 5.41) is 3.40. The number of thioether (sulfide) groups is 1. The van der Waals surface area contributed by atoms with Crippen LogP contribution in [-0.4, -0.2) is 38.5 Å². The molecule has 0 aliphatic heterocycles. The second kappa shape index (κ2) is 7.83. The fourth-order valence-corrected chi connectivity index (χ4v) is 2.76. The number of hydrogen-bond acceptors (Lipinski definition) is 5. The molecule has 1 aliphatic rings. The average Bonchev–Trinajstić information content (AvgIpc) is 3.34. The third-order valence-electron chi connectivity index (χ3n) is 3.54. The van der Waals surface area contributed by atoms with Crippen LogP contribution in [0.2, 0.25) is 0 Å². The van der Waals surface area contributed by atoms with E-state index < -0.39 is 29.0 Å². The molecule has 8 heteroatoms. The van der Waals surface area contributed by atoms with E-state index in [-0.39, 0.29) is 23.7 Å². The van der Waals surface area contributed by atoms with E-state index >= 15 is 0 Å². The Labute approximate surface area is 144 Å². The minimum Gasteiger partial charge on any atom is -0.462 e. The molecule has 0 saturated heterocycles. The minimum atomic E-state index is -0.887. The number of benzene rings is 1. The van der Waals surface area contributed by atoms with E-state index in [1.54, 1.807) is 13.2 Å². The van der Waals surface area contributed by atoms with Crippen molar-refractivity contribution < 1.29 is 23.1 Å². The smallest absolute Gasteiger partial charge is 0.344 e. The molecule has 1 aromatic carbocycles. The van der Waals surface area contributed by atoms with E-state index in [9.17, 15) is 18.4 Å². The molecule has 4 nitrogen and oxygen atoms in total. The van der Waals surface area contributed by atoms with Crippen LogP contribution in [0.4, 0.5) is 8.78 Å².